The van der Waals surface area contributed by atoms with Crippen molar-refractivity contribution >= 4 is 0 Å². The van der Waals surface area contributed by atoms with Crippen LogP contribution in [0.15, 0.2) is 42.9 Å². The average molecular weight is 277 g/mol. The molecule has 0 radical (unpaired) electrons. The highest BCUT2D eigenvalue weighted by Gasteiger charge is 2.14. The molecule has 0 spiro atoms. The van der Waals surface area contributed by atoms with Gasteiger partial charge in [-0.3, -0.25) is 4.98 Å². The Morgan fingerprint density at radius 1 is 0.905 bits per heavy atom. The third-order valence-electron chi connectivity index (χ3n) is 4.01. The van der Waals surface area contributed by atoms with Crippen LogP contribution in [0.2, 0.25) is 0 Å². The average Bonchev–Trinajstić information content (AvgIpc) is 2.86. The number of pyridine rings is 1. The van der Waals surface area contributed by atoms with Gasteiger partial charge in [0.05, 0.1) is 0 Å². The van der Waals surface area contributed by atoms with E-state index >= 15 is 0 Å². The molecule has 0 atom stereocenters. The lowest BCUT2D eigenvalue weighted by atomic mass is 9.92. The van der Waals surface area contributed by atoms with E-state index < -0.39 is 0 Å². The summed E-state index contributed by atoms with van der Waals surface area (Å²) in [6.07, 6.45) is 5.68. The van der Waals surface area contributed by atoms with E-state index in [1.54, 1.807) is 0 Å². The number of aromatic nitrogens is 3. The molecule has 3 aromatic rings. The summed E-state index contributed by atoms with van der Waals surface area (Å²) in [6.45, 7) is 6.36. The molecule has 0 saturated carbocycles. The van der Waals surface area contributed by atoms with E-state index in [0.29, 0.717) is 0 Å². The van der Waals surface area contributed by atoms with Crippen molar-refractivity contribution in [2.75, 3.05) is 0 Å². The van der Waals surface area contributed by atoms with E-state index in [9.17, 15) is 0 Å². The largest absolute Gasteiger partial charge is 0.334 e. The molecule has 3 nitrogen and oxygen atoms in total. The number of hydrogen-bond donors (Lipinski definition) is 0. The zero-order valence-electron chi connectivity index (χ0n) is 12.9. The van der Waals surface area contributed by atoms with Crippen LogP contribution in [0.5, 0.6) is 0 Å². The highest BCUT2D eigenvalue weighted by Crippen LogP contribution is 2.33. The molecule has 0 aliphatic heterocycles. The summed E-state index contributed by atoms with van der Waals surface area (Å²) in [7, 11) is 2.02. The van der Waals surface area contributed by atoms with E-state index in [4.69, 9.17) is 0 Å². The van der Waals surface area contributed by atoms with Crippen LogP contribution in [-0.2, 0) is 7.05 Å². The van der Waals surface area contributed by atoms with Gasteiger partial charge in [0.2, 0.25) is 0 Å². The SMILES string of the molecule is Cc1ccnc(C)c1-c1cccc(-c2nccn2C)c1C. The van der Waals surface area contributed by atoms with Crippen molar-refractivity contribution in [3.05, 3.63) is 59.7 Å². The Kier molecular flexibility index (Phi) is 3.34. The fraction of sp³-hybridized carbons (Fsp3) is 0.222. The smallest absolute Gasteiger partial charge is 0.139 e. The Morgan fingerprint density at radius 2 is 1.67 bits per heavy atom. The Labute approximate surface area is 125 Å². The van der Waals surface area contributed by atoms with Crippen LogP contribution in [0.3, 0.4) is 0 Å². The molecule has 0 aliphatic rings. The molecule has 2 heterocycles. The van der Waals surface area contributed by atoms with Crippen LogP contribution in [0, 0.1) is 20.8 Å². The van der Waals surface area contributed by atoms with Gasteiger partial charge in [0.25, 0.3) is 0 Å². The number of benzene rings is 1. The van der Waals surface area contributed by atoms with Gasteiger partial charge in [0.15, 0.2) is 0 Å². The molecule has 0 bridgehead atoms. The monoisotopic (exact) mass is 277 g/mol. The Bertz CT molecular complexity index is 780. The van der Waals surface area contributed by atoms with Crippen LogP contribution >= 0.6 is 0 Å². The van der Waals surface area contributed by atoms with Gasteiger partial charge in [-0.25, -0.2) is 4.98 Å². The van der Waals surface area contributed by atoms with E-state index in [1.807, 2.05) is 25.6 Å². The van der Waals surface area contributed by atoms with Gasteiger partial charge in [-0.2, -0.15) is 0 Å². The van der Waals surface area contributed by atoms with Gasteiger partial charge >= 0.3 is 0 Å². The minimum Gasteiger partial charge on any atom is -0.334 e. The van der Waals surface area contributed by atoms with Crippen molar-refractivity contribution in [2.24, 2.45) is 7.05 Å². The molecule has 106 valence electrons. The van der Waals surface area contributed by atoms with Gasteiger partial charge in [0, 0.05) is 42.5 Å². The molecular weight excluding hydrogens is 258 g/mol. The molecule has 0 aliphatic carbocycles. The molecular formula is C18H19N3. The first-order valence-corrected chi connectivity index (χ1v) is 7.09. The molecule has 3 heteroatoms. The Balaban J connectivity index is 2.25. The van der Waals surface area contributed by atoms with Crippen LogP contribution in [0.4, 0.5) is 0 Å². The molecule has 0 unspecified atom stereocenters. The predicted molar refractivity (Wildman–Crippen MR) is 86.1 cm³/mol. The molecule has 0 fully saturated rings. The molecule has 0 amide bonds. The van der Waals surface area contributed by atoms with Crippen LogP contribution < -0.4 is 0 Å². The molecule has 1 aromatic carbocycles. The predicted octanol–water partition coefficient (Wildman–Crippen LogP) is 4.07. The maximum absolute atomic E-state index is 4.47. The minimum atomic E-state index is 0.994. The van der Waals surface area contributed by atoms with Crippen LogP contribution in [0.25, 0.3) is 22.5 Å². The zero-order chi connectivity index (χ0) is 15.0. The Hall–Kier alpha value is -2.42. The summed E-state index contributed by atoms with van der Waals surface area (Å²) in [5.74, 6) is 0.994. The fourth-order valence-corrected chi connectivity index (χ4v) is 2.88. The standard InChI is InChI=1S/C18H19N3/c1-12-8-9-19-14(3)17(12)15-6-5-7-16(13(15)2)18-20-10-11-21(18)4/h5-11H,1-4H3. The van der Waals surface area contributed by atoms with Crippen molar-refractivity contribution in [1.29, 1.82) is 0 Å². The topological polar surface area (TPSA) is 30.7 Å². The number of nitrogens with zero attached hydrogens (tertiary/aromatic N) is 3. The number of aryl methyl sites for hydroxylation is 3. The van der Waals surface area contributed by atoms with Gasteiger partial charge in [-0.15, -0.1) is 0 Å². The fourth-order valence-electron chi connectivity index (χ4n) is 2.88. The van der Waals surface area contributed by atoms with E-state index in [0.717, 1.165) is 11.5 Å². The molecule has 21 heavy (non-hydrogen) atoms. The summed E-state index contributed by atoms with van der Waals surface area (Å²) in [5, 5.41) is 0. The number of hydrogen-bond acceptors (Lipinski definition) is 2. The number of rotatable bonds is 2. The second kappa shape index (κ2) is 5.17. The summed E-state index contributed by atoms with van der Waals surface area (Å²) in [5.41, 5.74) is 7.19. The first kappa shape index (κ1) is 13.6. The first-order valence-electron chi connectivity index (χ1n) is 7.09. The zero-order valence-corrected chi connectivity index (χ0v) is 12.9. The van der Waals surface area contributed by atoms with Gasteiger partial charge in [-0.1, -0.05) is 18.2 Å². The lowest BCUT2D eigenvalue weighted by Gasteiger charge is -2.15. The number of imidazole rings is 1. The lowest BCUT2D eigenvalue weighted by Crippen LogP contribution is -1.98. The van der Waals surface area contributed by atoms with E-state index in [-0.39, 0.29) is 0 Å². The van der Waals surface area contributed by atoms with Crippen molar-refractivity contribution in [3.8, 4) is 22.5 Å². The molecule has 0 saturated heterocycles. The summed E-state index contributed by atoms with van der Waals surface area (Å²) < 4.78 is 2.05. The van der Waals surface area contributed by atoms with Crippen LogP contribution in [0.1, 0.15) is 16.8 Å². The third-order valence-corrected chi connectivity index (χ3v) is 4.01. The van der Waals surface area contributed by atoms with E-state index in [2.05, 4.69) is 59.6 Å². The van der Waals surface area contributed by atoms with E-state index in [1.165, 1.54) is 27.8 Å². The van der Waals surface area contributed by atoms with Gasteiger partial charge in [-0.05, 0) is 43.5 Å². The summed E-state index contributed by atoms with van der Waals surface area (Å²) >= 11 is 0. The second-order valence-electron chi connectivity index (χ2n) is 5.43. The quantitative estimate of drug-likeness (QED) is 0.707. The maximum Gasteiger partial charge on any atom is 0.139 e. The highest BCUT2D eigenvalue weighted by molar-refractivity contribution is 5.78. The Morgan fingerprint density at radius 3 is 2.33 bits per heavy atom. The van der Waals surface area contributed by atoms with Crippen molar-refractivity contribution in [2.45, 2.75) is 20.8 Å². The maximum atomic E-state index is 4.47. The van der Waals surface area contributed by atoms with Crippen molar-refractivity contribution in [3.63, 3.8) is 0 Å². The van der Waals surface area contributed by atoms with Crippen molar-refractivity contribution < 1.29 is 0 Å². The van der Waals surface area contributed by atoms with Gasteiger partial charge in [0.1, 0.15) is 5.82 Å². The molecule has 0 N–H and O–H groups in total. The van der Waals surface area contributed by atoms with Gasteiger partial charge < -0.3 is 4.57 Å². The molecule has 3 rings (SSSR count). The summed E-state index contributed by atoms with van der Waals surface area (Å²) in [6, 6.07) is 8.45. The van der Waals surface area contributed by atoms with Crippen LogP contribution in [-0.4, -0.2) is 14.5 Å². The lowest BCUT2D eigenvalue weighted by molar-refractivity contribution is 0.923. The third kappa shape index (κ3) is 2.25. The second-order valence-corrected chi connectivity index (χ2v) is 5.43. The normalized spacial score (nSPS) is 10.9. The van der Waals surface area contributed by atoms with Crippen molar-refractivity contribution in [1.82, 2.24) is 14.5 Å². The minimum absolute atomic E-state index is 0.994. The highest BCUT2D eigenvalue weighted by atomic mass is 15.0. The molecule has 2 aromatic heterocycles. The summed E-state index contributed by atoms with van der Waals surface area (Å²) in [4.78, 5) is 8.92. The first-order chi connectivity index (χ1) is 10.1.